The van der Waals surface area contributed by atoms with Gasteiger partial charge in [-0.2, -0.15) is 0 Å². The van der Waals surface area contributed by atoms with E-state index in [0.717, 1.165) is 75.4 Å². The highest BCUT2D eigenvalue weighted by Gasteiger charge is 2.58. The first kappa shape index (κ1) is 76.0. The van der Waals surface area contributed by atoms with E-state index in [4.69, 9.17) is 28.4 Å². The third-order valence-electron chi connectivity index (χ3n) is 22.0. The molecule has 2 fully saturated rings. The van der Waals surface area contributed by atoms with Gasteiger partial charge in [-0.05, 0) is 146 Å². The standard InChI is InChI=1S/C84H93N9O16/c1-50(2)64(40-60(95)45-85-75(97)31-27-59(94)28-32-76(98)91-46-56-15-9-10-16-62(56)77-78(89(4)88-87-77)63-17-11-12-18-67(63)91)79(99)86-51(3)70(96)37-52-19-21-53(22-20-52)48-109-83(103)93-68-43-74(72(106-7)42-66(68)81(101)92-49-84(33-34-84)44-69(92)82(93)102)108-36-14-8-13-35-107-73-39-55-23-26-58-38-57(54-24-29-61(104-5)30-25-54)47-90(58)80(100)65(55)41-71(73)105-6/h9-12,15-22,24-25,29-30,39,41-43,47,50-51,58,64,69,82,102H,8,13-14,23,26-28,31-38,40,44-46,48-49H2,1-7H3,(H,85,97)(H,86,99)/t51-,58+,64-,69-,82-/m0/s1. The van der Waals surface area contributed by atoms with Crippen LogP contribution >= 0.6 is 0 Å². The number of ether oxygens (including phenoxy) is 6. The summed E-state index contributed by atoms with van der Waals surface area (Å²) in [6, 6.07) is 35.1. The van der Waals surface area contributed by atoms with Crippen molar-refractivity contribution in [2.45, 2.75) is 155 Å². The predicted molar refractivity (Wildman–Crippen MR) is 405 cm³/mol. The minimum Gasteiger partial charge on any atom is -0.497 e. The maximum Gasteiger partial charge on any atom is 0.416 e. The van der Waals surface area contributed by atoms with Gasteiger partial charge in [0.25, 0.3) is 11.8 Å². The smallest absolute Gasteiger partial charge is 0.416 e. The first-order valence-corrected chi connectivity index (χ1v) is 37.5. The van der Waals surface area contributed by atoms with E-state index in [1.807, 2.05) is 90.0 Å². The highest BCUT2D eigenvalue weighted by Crippen LogP contribution is 2.57. The Morgan fingerprint density at radius 1 is 0.688 bits per heavy atom. The summed E-state index contributed by atoms with van der Waals surface area (Å²) in [6.07, 6.45) is 5.40. The molecule has 570 valence electrons. The van der Waals surface area contributed by atoms with Gasteiger partial charge in [-0.3, -0.25) is 38.4 Å². The molecule has 5 aliphatic heterocycles. The number of unbranched alkanes of at least 4 members (excludes halogenated alkanes) is 2. The molecule has 1 saturated carbocycles. The number of nitrogens with zero attached hydrogens (tertiary/aromatic N) is 7. The summed E-state index contributed by atoms with van der Waals surface area (Å²) < 4.78 is 37.1. The van der Waals surface area contributed by atoms with E-state index in [9.17, 15) is 48.3 Å². The molecule has 13 rings (SSSR count). The van der Waals surface area contributed by atoms with Crippen molar-refractivity contribution in [3.8, 4) is 51.3 Å². The Kier molecular flexibility index (Phi) is 23.1. The van der Waals surface area contributed by atoms with Gasteiger partial charge in [0.1, 0.15) is 23.8 Å². The Balaban J connectivity index is 0.557. The van der Waals surface area contributed by atoms with Crippen LogP contribution in [0.2, 0.25) is 0 Å². The fourth-order valence-corrected chi connectivity index (χ4v) is 15.5. The van der Waals surface area contributed by atoms with Crippen LogP contribution < -0.4 is 44.1 Å². The fourth-order valence-electron chi connectivity index (χ4n) is 15.5. The second kappa shape index (κ2) is 33.1. The Morgan fingerprint density at radius 3 is 2.07 bits per heavy atom. The van der Waals surface area contributed by atoms with Crippen molar-refractivity contribution in [1.29, 1.82) is 0 Å². The number of benzene rings is 6. The van der Waals surface area contributed by atoms with Crippen LogP contribution in [0.4, 0.5) is 16.2 Å². The van der Waals surface area contributed by atoms with Gasteiger partial charge < -0.3 is 58.9 Å². The van der Waals surface area contributed by atoms with Crippen LogP contribution in [-0.2, 0) is 66.5 Å². The number of rotatable bonds is 30. The molecule has 6 aliphatic rings. The molecule has 6 aromatic carbocycles. The number of para-hydroxylation sites is 1. The Labute approximate surface area is 633 Å². The number of fused-ring (bicyclic) bond motifs is 9. The van der Waals surface area contributed by atoms with Gasteiger partial charge in [-0.15, -0.1) is 5.10 Å². The van der Waals surface area contributed by atoms with Crippen molar-refractivity contribution in [3.63, 3.8) is 0 Å². The summed E-state index contributed by atoms with van der Waals surface area (Å²) in [5.41, 5.74) is 9.63. The van der Waals surface area contributed by atoms with Gasteiger partial charge in [0, 0.05) is 93.0 Å². The SMILES string of the molecule is COc1ccc(C2=CN3C(=O)c4cc(OC)c(OCCCCCOc5cc6c(cc5OC)C(=O)N5CC7(CC7)C[C@H]5[C@H](O)N6C(=O)OCc5ccc(CC(=O)[C@H](C)NC(=O)[C@@H](CC(=O)CNC(=O)CCC(=O)CCC(=O)N6Cc7ccccc7-c7nnn(C)c7-c7ccccc76)C(C)C)cc5)cc4CC[C@@H]3C2)cc1. The maximum atomic E-state index is 14.5. The molecule has 1 aliphatic carbocycles. The van der Waals surface area contributed by atoms with Gasteiger partial charge in [0.05, 0.1) is 82.3 Å². The van der Waals surface area contributed by atoms with E-state index in [-0.39, 0.29) is 134 Å². The summed E-state index contributed by atoms with van der Waals surface area (Å²) in [7, 11) is 6.47. The third kappa shape index (κ3) is 16.8. The van der Waals surface area contributed by atoms with E-state index in [2.05, 4.69) is 20.9 Å². The lowest BCUT2D eigenvalue weighted by Crippen LogP contribution is -2.50. The van der Waals surface area contributed by atoms with Crippen molar-refractivity contribution >= 4 is 69.9 Å². The third-order valence-corrected chi connectivity index (χ3v) is 22.0. The van der Waals surface area contributed by atoms with Crippen LogP contribution in [0, 0.1) is 17.3 Å². The summed E-state index contributed by atoms with van der Waals surface area (Å²) >= 11 is 0. The predicted octanol–water partition coefficient (Wildman–Crippen LogP) is 11.1. The molecule has 0 radical (unpaired) electrons. The Morgan fingerprint density at radius 2 is 1.37 bits per heavy atom. The number of Topliss-reactive ketones (excluding diaryl/α,β-unsaturated/α-hetero) is 3. The average Bonchev–Trinajstić information content (AvgIpc) is 1.57. The van der Waals surface area contributed by atoms with Crippen LogP contribution in [0.3, 0.4) is 0 Å². The number of aliphatic hydroxyl groups is 1. The molecule has 5 atom stereocenters. The van der Waals surface area contributed by atoms with E-state index < -0.39 is 47.9 Å². The lowest BCUT2D eigenvalue weighted by Gasteiger charge is -2.31. The summed E-state index contributed by atoms with van der Waals surface area (Å²) in [6.45, 7) is 5.86. The highest BCUT2D eigenvalue weighted by molar-refractivity contribution is 6.07. The minimum atomic E-state index is -1.46. The molecular weight excluding hydrogens is 1390 g/mol. The van der Waals surface area contributed by atoms with Crippen molar-refractivity contribution in [3.05, 3.63) is 166 Å². The number of anilines is 2. The lowest BCUT2D eigenvalue weighted by molar-refractivity contribution is -0.133. The number of aliphatic hydroxyl groups excluding tert-OH is 1. The number of nitrogens with one attached hydrogen (secondary N) is 2. The number of carbonyl (C=O) groups is 9. The zero-order valence-electron chi connectivity index (χ0n) is 62.6. The molecule has 1 aromatic heterocycles. The van der Waals surface area contributed by atoms with Crippen molar-refractivity contribution in [2.75, 3.05) is 57.4 Å². The maximum absolute atomic E-state index is 14.5. The number of carbonyl (C=O) groups excluding carboxylic acids is 9. The normalized spacial score (nSPS) is 17.6. The summed E-state index contributed by atoms with van der Waals surface area (Å²) in [4.78, 5) is 130. The first-order chi connectivity index (χ1) is 52.6. The minimum absolute atomic E-state index is 0.0371. The second-order valence-electron chi connectivity index (χ2n) is 29.6. The lowest BCUT2D eigenvalue weighted by atomic mass is 9.89. The molecule has 7 aromatic rings. The van der Waals surface area contributed by atoms with E-state index in [1.165, 1.54) is 7.11 Å². The van der Waals surface area contributed by atoms with Gasteiger partial charge in [0.2, 0.25) is 17.7 Å². The van der Waals surface area contributed by atoms with Crippen molar-refractivity contribution in [1.82, 2.24) is 35.4 Å². The monoisotopic (exact) mass is 1480 g/mol. The largest absolute Gasteiger partial charge is 0.497 e. The molecule has 1 spiro atoms. The summed E-state index contributed by atoms with van der Waals surface area (Å²) in [5, 5.41) is 26.3. The van der Waals surface area contributed by atoms with Gasteiger partial charge in [0.15, 0.2) is 40.8 Å². The van der Waals surface area contributed by atoms with E-state index in [1.54, 1.807) is 99.0 Å². The van der Waals surface area contributed by atoms with Crippen molar-refractivity contribution < 1.29 is 76.7 Å². The number of methoxy groups -OCH3 is 3. The topological polar surface area (TPSA) is 297 Å². The first-order valence-electron chi connectivity index (χ1n) is 37.5. The summed E-state index contributed by atoms with van der Waals surface area (Å²) in [5.74, 6) is -1.48. The fraction of sp³-hybridized carbons (Fsp3) is 0.417. The molecule has 0 bridgehead atoms. The van der Waals surface area contributed by atoms with Crippen LogP contribution in [0.1, 0.15) is 153 Å². The number of hydrogen-bond donors (Lipinski definition) is 3. The molecule has 109 heavy (non-hydrogen) atoms. The zero-order chi connectivity index (χ0) is 76.8. The molecule has 6 heterocycles. The number of amides is 6. The Bertz CT molecular complexity index is 4680. The van der Waals surface area contributed by atoms with Crippen molar-refractivity contribution in [2.24, 2.45) is 24.3 Å². The molecular formula is C84H93N9O16. The molecule has 3 N–H and O–H groups in total. The van der Waals surface area contributed by atoms with Crippen LogP contribution in [0.15, 0.2) is 128 Å². The van der Waals surface area contributed by atoms with Crippen LogP contribution in [-0.4, -0.2) is 155 Å². The average molecular weight is 1480 g/mol. The van der Waals surface area contributed by atoms with E-state index in [0.29, 0.717) is 84.8 Å². The number of aryl methyl sites for hydroxylation is 2. The number of ketones is 3. The van der Waals surface area contributed by atoms with Gasteiger partial charge in [-0.1, -0.05) is 97.9 Å². The van der Waals surface area contributed by atoms with Gasteiger partial charge in [-0.25, -0.2) is 14.4 Å². The quantitative estimate of drug-likeness (QED) is 0.0352. The molecule has 1 saturated heterocycles. The molecule has 6 amide bonds. The molecule has 0 unspecified atom stereocenters. The zero-order valence-corrected chi connectivity index (χ0v) is 62.6. The number of hydrogen-bond acceptors (Lipinski definition) is 18. The second-order valence-corrected chi connectivity index (χ2v) is 29.6. The van der Waals surface area contributed by atoms with E-state index >= 15 is 0 Å². The van der Waals surface area contributed by atoms with Gasteiger partial charge >= 0.3 is 6.09 Å². The molecule has 25 nitrogen and oxygen atoms in total. The highest BCUT2D eigenvalue weighted by atomic mass is 16.6. The van der Waals surface area contributed by atoms with Crippen LogP contribution in [0.5, 0.6) is 28.7 Å². The van der Waals surface area contributed by atoms with Crippen LogP contribution in [0.25, 0.3) is 28.1 Å². The Hall–Kier alpha value is -11.2. The number of aromatic nitrogens is 3. The molecule has 25 heteroatoms.